The van der Waals surface area contributed by atoms with Crippen LogP contribution in [0, 0.1) is 6.07 Å². The van der Waals surface area contributed by atoms with Gasteiger partial charge in [0.15, 0.2) is 0 Å². The molecular weight excluding hydrogens is 176 g/mol. The Morgan fingerprint density at radius 1 is 1.29 bits per heavy atom. The van der Waals surface area contributed by atoms with Gasteiger partial charge >= 0.3 is 5.97 Å². The highest BCUT2D eigenvalue weighted by Crippen LogP contribution is 2.20. The first-order valence-corrected chi connectivity index (χ1v) is 4.34. The molecule has 0 spiro atoms. The normalized spacial score (nSPS) is 10.1. The molecule has 0 aliphatic carbocycles. The second-order valence-electron chi connectivity index (χ2n) is 3.03. The molecule has 2 aromatic rings. The van der Waals surface area contributed by atoms with Gasteiger partial charge in [-0.3, -0.25) is 4.79 Å². The number of benzene rings is 2. The second kappa shape index (κ2) is 3.50. The predicted molar refractivity (Wildman–Crippen MR) is 54.1 cm³/mol. The van der Waals surface area contributed by atoms with Crippen molar-refractivity contribution in [3.63, 3.8) is 0 Å². The third-order valence-corrected chi connectivity index (χ3v) is 1.92. The Kier molecular flexibility index (Phi) is 2.19. The summed E-state index contributed by atoms with van der Waals surface area (Å²) in [5.41, 5.74) is 0. The lowest BCUT2D eigenvalue weighted by molar-refractivity contribution is -0.131. The molecule has 0 N–H and O–H groups in total. The number of hydrogen-bond donors (Lipinski definition) is 0. The molecule has 0 unspecified atom stereocenters. The van der Waals surface area contributed by atoms with Crippen LogP contribution in [-0.4, -0.2) is 5.97 Å². The maximum Gasteiger partial charge on any atom is 0.308 e. The van der Waals surface area contributed by atoms with Crippen molar-refractivity contribution in [2.24, 2.45) is 0 Å². The lowest BCUT2D eigenvalue weighted by atomic mass is 10.1. The molecule has 0 saturated carbocycles. The van der Waals surface area contributed by atoms with Crippen LogP contribution >= 0.6 is 0 Å². The smallest absolute Gasteiger partial charge is 0.308 e. The maximum absolute atomic E-state index is 10.7. The molecule has 2 aromatic carbocycles. The highest BCUT2D eigenvalue weighted by molar-refractivity contribution is 5.84. The topological polar surface area (TPSA) is 26.3 Å². The zero-order chi connectivity index (χ0) is 9.97. The molecule has 0 saturated heterocycles. The van der Waals surface area contributed by atoms with Gasteiger partial charge in [-0.05, 0) is 35.0 Å². The molecule has 0 amide bonds. The maximum atomic E-state index is 10.7. The van der Waals surface area contributed by atoms with Crippen molar-refractivity contribution in [3.05, 3.63) is 42.5 Å². The number of carbonyl (C=O) groups is 1. The zero-order valence-electron chi connectivity index (χ0n) is 7.78. The minimum atomic E-state index is -0.299. The van der Waals surface area contributed by atoms with Gasteiger partial charge in [0.1, 0.15) is 5.75 Å². The van der Waals surface area contributed by atoms with E-state index in [9.17, 15) is 4.79 Å². The van der Waals surface area contributed by atoms with Crippen LogP contribution in [0.15, 0.2) is 36.4 Å². The van der Waals surface area contributed by atoms with E-state index in [1.165, 1.54) is 6.92 Å². The molecule has 2 heteroatoms. The van der Waals surface area contributed by atoms with E-state index in [2.05, 4.69) is 6.07 Å². The molecular formula is C12H9O2. The van der Waals surface area contributed by atoms with Crippen LogP contribution in [0.5, 0.6) is 5.75 Å². The zero-order valence-corrected chi connectivity index (χ0v) is 7.78. The Bertz CT molecular complexity index is 474. The van der Waals surface area contributed by atoms with Crippen molar-refractivity contribution in [3.8, 4) is 5.75 Å². The number of rotatable bonds is 1. The van der Waals surface area contributed by atoms with E-state index in [1.54, 1.807) is 6.07 Å². The van der Waals surface area contributed by atoms with E-state index in [0.717, 1.165) is 10.8 Å². The van der Waals surface area contributed by atoms with Crippen molar-refractivity contribution in [1.82, 2.24) is 0 Å². The fourth-order valence-electron chi connectivity index (χ4n) is 1.33. The first-order valence-electron chi connectivity index (χ1n) is 4.34. The van der Waals surface area contributed by atoms with E-state index in [1.807, 2.05) is 30.3 Å². The number of ether oxygens (including phenoxy) is 1. The third kappa shape index (κ3) is 1.74. The Labute approximate surface area is 82.1 Å². The first-order chi connectivity index (χ1) is 6.75. The molecule has 0 aliphatic heterocycles. The summed E-state index contributed by atoms with van der Waals surface area (Å²) in [5, 5.41) is 2.13. The van der Waals surface area contributed by atoms with Crippen LogP contribution in [0.25, 0.3) is 10.8 Å². The molecule has 0 aromatic heterocycles. The highest BCUT2D eigenvalue weighted by atomic mass is 16.5. The number of fused-ring (bicyclic) bond motifs is 1. The van der Waals surface area contributed by atoms with E-state index in [0.29, 0.717) is 5.75 Å². The number of carbonyl (C=O) groups excluding carboxylic acids is 1. The minimum Gasteiger partial charge on any atom is -0.427 e. The van der Waals surface area contributed by atoms with E-state index in [-0.39, 0.29) is 5.97 Å². The first kappa shape index (κ1) is 8.75. The fraction of sp³-hybridized carbons (Fsp3) is 0.0833. The second-order valence-corrected chi connectivity index (χ2v) is 3.03. The summed E-state index contributed by atoms with van der Waals surface area (Å²) in [6.07, 6.45) is 0. The minimum absolute atomic E-state index is 0.299. The van der Waals surface area contributed by atoms with Gasteiger partial charge in [0, 0.05) is 6.92 Å². The molecule has 69 valence electrons. The number of esters is 1. The summed E-state index contributed by atoms with van der Waals surface area (Å²) in [6, 6.07) is 14.2. The molecule has 0 bridgehead atoms. The summed E-state index contributed by atoms with van der Waals surface area (Å²) in [4.78, 5) is 10.7. The molecule has 14 heavy (non-hydrogen) atoms. The Balaban J connectivity index is 2.46. The van der Waals surface area contributed by atoms with Gasteiger partial charge < -0.3 is 4.74 Å². The van der Waals surface area contributed by atoms with Crippen LogP contribution in [0.1, 0.15) is 6.92 Å². The standard InChI is InChI=1S/C12H9O2/c1-9(13)14-12-7-6-10-4-2-3-5-11(10)8-12/h3-8H,1H3. The Hall–Kier alpha value is -1.83. The lowest BCUT2D eigenvalue weighted by Crippen LogP contribution is -2.00. The SMILES string of the molecule is CC(=O)Oc1ccc2c[c]ccc2c1. The van der Waals surface area contributed by atoms with Crippen molar-refractivity contribution >= 4 is 16.7 Å². The van der Waals surface area contributed by atoms with Gasteiger partial charge in [-0.15, -0.1) is 0 Å². The summed E-state index contributed by atoms with van der Waals surface area (Å²) < 4.78 is 4.97. The van der Waals surface area contributed by atoms with Gasteiger partial charge in [-0.2, -0.15) is 0 Å². The average Bonchev–Trinajstić information content (AvgIpc) is 2.17. The largest absolute Gasteiger partial charge is 0.427 e. The van der Waals surface area contributed by atoms with Gasteiger partial charge in [-0.25, -0.2) is 0 Å². The summed E-state index contributed by atoms with van der Waals surface area (Å²) in [7, 11) is 0. The molecule has 0 heterocycles. The number of hydrogen-bond acceptors (Lipinski definition) is 2. The third-order valence-electron chi connectivity index (χ3n) is 1.92. The Morgan fingerprint density at radius 3 is 2.93 bits per heavy atom. The van der Waals surface area contributed by atoms with Crippen molar-refractivity contribution in [2.45, 2.75) is 6.92 Å². The van der Waals surface area contributed by atoms with Crippen LogP contribution in [0.4, 0.5) is 0 Å². The van der Waals surface area contributed by atoms with Crippen molar-refractivity contribution < 1.29 is 9.53 Å². The van der Waals surface area contributed by atoms with Crippen LogP contribution in [-0.2, 0) is 4.79 Å². The average molecular weight is 185 g/mol. The van der Waals surface area contributed by atoms with Gasteiger partial charge in [-0.1, -0.05) is 18.2 Å². The quantitative estimate of drug-likeness (QED) is 0.504. The molecule has 0 fully saturated rings. The monoisotopic (exact) mass is 185 g/mol. The van der Waals surface area contributed by atoms with Crippen molar-refractivity contribution in [1.29, 1.82) is 0 Å². The molecule has 2 rings (SSSR count). The van der Waals surface area contributed by atoms with Crippen LogP contribution in [0.2, 0.25) is 0 Å². The lowest BCUT2D eigenvalue weighted by Gasteiger charge is -2.02. The van der Waals surface area contributed by atoms with Crippen LogP contribution in [0.3, 0.4) is 0 Å². The Morgan fingerprint density at radius 2 is 2.14 bits per heavy atom. The van der Waals surface area contributed by atoms with E-state index < -0.39 is 0 Å². The van der Waals surface area contributed by atoms with Gasteiger partial charge in [0.2, 0.25) is 0 Å². The highest BCUT2D eigenvalue weighted by Gasteiger charge is 1.98. The van der Waals surface area contributed by atoms with Crippen molar-refractivity contribution in [2.75, 3.05) is 0 Å². The summed E-state index contributed by atoms with van der Waals surface area (Å²) in [6.45, 7) is 1.39. The molecule has 0 aliphatic rings. The fourth-order valence-corrected chi connectivity index (χ4v) is 1.33. The summed E-state index contributed by atoms with van der Waals surface area (Å²) >= 11 is 0. The van der Waals surface area contributed by atoms with Gasteiger partial charge in [0.05, 0.1) is 0 Å². The molecule has 1 radical (unpaired) electrons. The van der Waals surface area contributed by atoms with E-state index in [4.69, 9.17) is 4.74 Å². The van der Waals surface area contributed by atoms with E-state index >= 15 is 0 Å². The molecule has 2 nitrogen and oxygen atoms in total. The molecule has 0 atom stereocenters. The van der Waals surface area contributed by atoms with Gasteiger partial charge in [0.25, 0.3) is 0 Å². The summed E-state index contributed by atoms with van der Waals surface area (Å²) in [5.74, 6) is 0.281. The van der Waals surface area contributed by atoms with Crippen LogP contribution < -0.4 is 4.74 Å². The predicted octanol–water partition coefficient (Wildman–Crippen LogP) is 2.57.